The van der Waals surface area contributed by atoms with Crippen molar-refractivity contribution in [3.05, 3.63) is 87.8 Å². The fraction of sp³-hybridized carbons (Fsp3) is 0.105. The van der Waals surface area contributed by atoms with Gasteiger partial charge in [-0.2, -0.15) is 5.10 Å². The fourth-order valence-corrected chi connectivity index (χ4v) is 2.32. The van der Waals surface area contributed by atoms with Crippen LogP contribution in [-0.4, -0.2) is 15.7 Å². The van der Waals surface area contributed by atoms with E-state index in [2.05, 4.69) is 10.4 Å². The van der Waals surface area contributed by atoms with Crippen molar-refractivity contribution in [2.24, 2.45) is 0 Å². The number of carbonyl (C=O) groups is 1. The summed E-state index contributed by atoms with van der Waals surface area (Å²) in [7, 11) is 0. The molecule has 0 bridgehead atoms. The van der Waals surface area contributed by atoms with Crippen molar-refractivity contribution in [2.75, 3.05) is 5.32 Å². The number of benzene rings is 2. The highest BCUT2D eigenvalue weighted by molar-refractivity contribution is 6.02. The molecule has 24 heavy (non-hydrogen) atoms. The number of hydrogen-bond donors (Lipinski definition) is 1. The molecule has 120 valence electrons. The number of nitrogens with one attached hydrogen (secondary N) is 1. The molecule has 5 heteroatoms. The minimum atomic E-state index is -0.521. The summed E-state index contributed by atoms with van der Waals surface area (Å²) >= 11 is 0. The van der Waals surface area contributed by atoms with E-state index in [-0.39, 0.29) is 5.69 Å². The summed E-state index contributed by atoms with van der Waals surface area (Å²) in [6, 6.07) is 16.4. The molecular weight excluding hydrogens is 302 g/mol. The molecule has 1 N–H and O–H groups in total. The van der Waals surface area contributed by atoms with Gasteiger partial charge in [0, 0.05) is 18.0 Å². The van der Waals surface area contributed by atoms with E-state index in [0.717, 1.165) is 16.8 Å². The summed E-state index contributed by atoms with van der Waals surface area (Å²) in [5.74, 6) is -0.521. The molecule has 1 heterocycles. The zero-order chi connectivity index (χ0) is 17.1. The first-order valence-corrected chi connectivity index (χ1v) is 7.58. The lowest BCUT2D eigenvalue weighted by Crippen LogP contribution is -2.25. The predicted molar refractivity (Wildman–Crippen MR) is 93.7 cm³/mol. The van der Waals surface area contributed by atoms with Crippen LogP contribution in [0.25, 0.3) is 5.69 Å². The average molecular weight is 319 g/mol. The smallest absolute Gasteiger partial charge is 0.280 e. The van der Waals surface area contributed by atoms with Gasteiger partial charge in [0.2, 0.25) is 5.43 Å². The van der Waals surface area contributed by atoms with Gasteiger partial charge in [-0.15, -0.1) is 0 Å². The van der Waals surface area contributed by atoms with Crippen molar-refractivity contribution < 1.29 is 4.79 Å². The molecule has 0 spiro atoms. The highest BCUT2D eigenvalue weighted by Gasteiger charge is 2.13. The monoisotopic (exact) mass is 319 g/mol. The van der Waals surface area contributed by atoms with E-state index in [0.29, 0.717) is 5.69 Å². The first-order chi connectivity index (χ1) is 11.5. The molecular formula is C19H17N3O2. The molecule has 3 aromatic rings. The lowest BCUT2D eigenvalue weighted by molar-refractivity contribution is 0.101. The average Bonchev–Trinajstić information content (AvgIpc) is 2.56. The van der Waals surface area contributed by atoms with Crippen LogP contribution >= 0.6 is 0 Å². The Morgan fingerprint density at radius 1 is 1.00 bits per heavy atom. The molecule has 0 saturated heterocycles. The van der Waals surface area contributed by atoms with Crippen molar-refractivity contribution in [2.45, 2.75) is 13.8 Å². The minimum Gasteiger partial charge on any atom is -0.320 e. The van der Waals surface area contributed by atoms with Gasteiger partial charge < -0.3 is 5.32 Å². The molecule has 2 aromatic carbocycles. The van der Waals surface area contributed by atoms with Crippen LogP contribution in [0.2, 0.25) is 0 Å². The Balaban J connectivity index is 1.92. The quantitative estimate of drug-likeness (QED) is 0.807. The van der Waals surface area contributed by atoms with Crippen LogP contribution in [0.5, 0.6) is 0 Å². The van der Waals surface area contributed by atoms with E-state index in [1.54, 1.807) is 12.3 Å². The van der Waals surface area contributed by atoms with Crippen LogP contribution in [0.15, 0.2) is 65.6 Å². The van der Waals surface area contributed by atoms with Crippen LogP contribution in [0, 0.1) is 13.8 Å². The molecule has 1 aromatic heterocycles. The summed E-state index contributed by atoms with van der Waals surface area (Å²) in [5, 5.41) is 6.90. The summed E-state index contributed by atoms with van der Waals surface area (Å²) in [6.07, 6.45) is 1.55. The third-order valence-corrected chi connectivity index (χ3v) is 3.60. The van der Waals surface area contributed by atoms with Crippen LogP contribution in [-0.2, 0) is 0 Å². The molecule has 1 amide bonds. The Morgan fingerprint density at radius 2 is 1.75 bits per heavy atom. The second-order valence-electron chi connectivity index (χ2n) is 5.63. The zero-order valence-electron chi connectivity index (χ0n) is 13.5. The molecule has 0 radical (unpaired) electrons. The predicted octanol–water partition coefficient (Wildman–Crippen LogP) is 3.10. The molecule has 0 atom stereocenters. The largest absolute Gasteiger partial charge is 0.320 e. The van der Waals surface area contributed by atoms with E-state index < -0.39 is 11.3 Å². The normalized spacial score (nSPS) is 10.4. The van der Waals surface area contributed by atoms with Crippen molar-refractivity contribution in [3.8, 4) is 5.69 Å². The minimum absolute atomic E-state index is 0.139. The van der Waals surface area contributed by atoms with Crippen molar-refractivity contribution >= 4 is 11.6 Å². The molecule has 0 aliphatic carbocycles. The molecule has 3 rings (SSSR count). The van der Waals surface area contributed by atoms with Crippen LogP contribution in [0.4, 0.5) is 5.69 Å². The van der Waals surface area contributed by atoms with Crippen LogP contribution < -0.4 is 10.7 Å². The first-order valence-electron chi connectivity index (χ1n) is 7.58. The van der Waals surface area contributed by atoms with Crippen molar-refractivity contribution in [3.63, 3.8) is 0 Å². The third-order valence-electron chi connectivity index (χ3n) is 3.60. The first kappa shape index (κ1) is 15.7. The third kappa shape index (κ3) is 3.41. The Morgan fingerprint density at radius 3 is 2.46 bits per heavy atom. The highest BCUT2D eigenvalue weighted by atomic mass is 16.2. The molecule has 0 saturated carbocycles. The number of carbonyl (C=O) groups excluding carboxylic acids is 1. The van der Waals surface area contributed by atoms with Gasteiger partial charge >= 0.3 is 0 Å². The number of hydrogen-bond acceptors (Lipinski definition) is 3. The second kappa shape index (κ2) is 6.50. The zero-order valence-corrected chi connectivity index (χ0v) is 13.5. The molecule has 5 nitrogen and oxygen atoms in total. The number of rotatable bonds is 3. The van der Waals surface area contributed by atoms with Gasteiger partial charge in [0.15, 0.2) is 5.69 Å². The Kier molecular flexibility index (Phi) is 4.24. The summed E-state index contributed by atoms with van der Waals surface area (Å²) in [5.41, 5.74) is 3.00. The van der Waals surface area contributed by atoms with Gasteiger partial charge in [0.25, 0.3) is 5.91 Å². The van der Waals surface area contributed by atoms with Gasteiger partial charge in [-0.1, -0.05) is 29.8 Å². The number of anilines is 1. The standard InChI is InChI=1S/C19H17N3O2/c1-13-6-8-16(9-7-13)22-11-10-17(23)18(21-22)19(24)20-15-5-3-4-14(2)12-15/h3-12H,1-2H3,(H,20,24). The van der Waals surface area contributed by atoms with E-state index >= 15 is 0 Å². The van der Waals surface area contributed by atoms with Crippen molar-refractivity contribution in [1.29, 1.82) is 0 Å². The summed E-state index contributed by atoms with van der Waals surface area (Å²) < 4.78 is 1.52. The summed E-state index contributed by atoms with van der Waals surface area (Å²) in [4.78, 5) is 24.4. The summed E-state index contributed by atoms with van der Waals surface area (Å²) in [6.45, 7) is 3.92. The van der Waals surface area contributed by atoms with Gasteiger partial charge in [-0.05, 0) is 43.7 Å². The number of aryl methyl sites for hydroxylation is 2. The molecule has 0 aliphatic heterocycles. The highest BCUT2D eigenvalue weighted by Crippen LogP contribution is 2.11. The van der Waals surface area contributed by atoms with E-state index in [1.807, 2.05) is 56.3 Å². The van der Waals surface area contributed by atoms with E-state index in [4.69, 9.17) is 0 Å². The Bertz CT molecular complexity index is 943. The fourth-order valence-electron chi connectivity index (χ4n) is 2.32. The van der Waals surface area contributed by atoms with Gasteiger partial charge in [-0.25, -0.2) is 4.68 Å². The lowest BCUT2D eigenvalue weighted by Gasteiger charge is -2.08. The molecule has 0 unspecified atom stereocenters. The van der Waals surface area contributed by atoms with Gasteiger partial charge in [0.1, 0.15) is 0 Å². The number of nitrogens with zero attached hydrogens (tertiary/aromatic N) is 2. The van der Waals surface area contributed by atoms with E-state index in [9.17, 15) is 9.59 Å². The SMILES string of the molecule is Cc1ccc(-n2ccc(=O)c(C(=O)Nc3cccc(C)c3)n2)cc1. The van der Waals surface area contributed by atoms with Gasteiger partial charge in [0.05, 0.1) is 5.69 Å². The number of amides is 1. The molecule has 0 fully saturated rings. The Hall–Kier alpha value is -3.21. The van der Waals surface area contributed by atoms with Crippen LogP contribution in [0.1, 0.15) is 21.6 Å². The van der Waals surface area contributed by atoms with Gasteiger partial charge in [-0.3, -0.25) is 9.59 Å². The van der Waals surface area contributed by atoms with Crippen molar-refractivity contribution in [1.82, 2.24) is 9.78 Å². The Labute approximate surface area is 139 Å². The maximum absolute atomic E-state index is 12.4. The number of aromatic nitrogens is 2. The lowest BCUT2D eigenvalue weighted by atomic mass is 10.2. The topological polar surface area (TPSA) is 64.0 Å². The molecule has 0 aliphatic rings. The maximum Gasteiger partial charge on any atom is 0.280 e. The van der Waals surface area contributed by atoms with Crippen LogP contribution in [0.3, 0.4) is 0 Å². The second-order valence-corrected chi connectivity index (χ2v) is 5.63. The van der Waals surface area contributed by atoms with E-state index in [1.165, 1.54) is 10.7 Å². The maximum atomic E-state index is 12.4.